The lowest BCUT2D eigenvalue weighted by atomic mass is 9.79. The molecule has 5 rings (SSSR count). The van der Waals surface area contributed by atoms with Crippen molar-refractivity contribution in [1.82, 2.24) is 25.8 Å². The number of carbonyl (C=O) groups excluding carboxylic acids is 1. The number of hydrogen-bond donors (Lipinski definition) is 4. The first kappa shape index (κ1) is 17.5. The lowest BCUT2D eigenvalue weighted by molar-refractivity contribution is -0.120. The molecule has 0 aromatic carbocycles. The molecule has 0 spiro atoms. The van der Waals surface area contributed by atoms with Crippen molar-refractivity contribution in [2.24, 2.45) is 11.7 Å². The third-order valence-corrected chi connectivity index (χ3v) is 6.23. The average Bonchev–Trinajstić information content (AvgIpc) is 3.35. The monoisotopic (exact) mass is 379 g/mol. The molecule has 8 heteroatoms. The number of pyridine rings is 1. The van der Waals surface area contributed by atoms with E-state index < -0.39 is 0 Å². The molecule has 146 valence electrons. The van der Waals surface area contributed by atoms with Crippen molar-refractivity contribution >= 4 is 11.7 Å². The van der Waals surface area contributed by atoms with Crippen molar-refractivity contribution < 1.29 is 4.79 Å². The number of rotatable bonds is 4. The number of nitrogens with one attached hydrogen (secondary N) is 3. The SMILES string of the molecule is NC(=O)C1NNC2CCC(Nc3nc(-c4ccccn4)nc4c3CCC4)CC21. The minimum absolute atomic E-state index is 0.203. The Labute approximate surface area is 163 Å². The minimum atomic E-state index is -0.310. The highest BCUT2D eigenvalue weighted by molar-refractivity contribution is 5.80. The number of anilines is 1. The summed E-state index contributed by atoms with van der Waals surface area (Å²) in [6.45, 7) is 0. The number of hydrazine groups is 1. The molecule has 1 saturated heterocycles. The van der Waals surface area contributed by atoms with E-state index in [0.717, 1.165) is 55.7 Å². The average molecular weight is 379 g/mol. The number of nitrogens with zero attached hydrogens (tertiary/aromatic N) is 3. The molecule has 2 aromatic rings. The van der Waals surface area contributed by atoms with E-state index in [4.69, 9.17) is 15.7 Å². The number of primary amides is 1. The van der Waals surface area contributed by atoms with Crippen molar-refractivity contribution in [2.45, 2.75) is 56.7 Å². The highest BCUT2D eigenvalue weighted by atomic mass is 16.1. The molecule has 3 aliphatic rings. The van der Waals surface area contributed by atoms with Gasteiger partial charge < -0.3 is 11.1 Å². The van der Waals surface area contributed by atoms with Gasteiger partial charge in [0.15, 0.2) is 5.82 Å². The van der Waals surface area contributed by atoms with Crippen molar-refractivity contribution in [2.75, 3.05) is 5.32 Å². The quantitative estimate of drug-likeness (QED) is 0.624. The summed E-state index contributed by atoms with van der Waals surface area (Å²) in [7, 11) is 0. The summed E-state index contributed by atoms with van der Waals surface area (Å²) in [4.78, 5) is 25.8. The number of amides is 1. The Morgan fingerprint density at radius 2 is 2.11 bits per heavy atom. The van der Waals surface area contributed by atoms with Crippen LogP contribution in [-0.4, -0.2) is 39.0 Å². The van der Waals surface area contributed by atoms with E-state index in [1.165, 1.54) is 5.56 Å². The van der Waals surface area contributed by atoms with Gasteiger partial charge in [-0.15, -0.1) is 0 Å². The predicted octanol–water partition coefficient (Wildman–Crippen LogP) is 0.938. The van der Waals surface area contributed by atoms with Crippen LogP contribution < -0.4 is 21.9 Å². The first-order valence-electron chi connectivity index (χ1n) is 10.1. The van der Waals surface area contributed by atoms with E-state index in [1.54, 1.807) is 6.20 Å². The summed E-state index contributed by atoms with van der Waals surface area (Å²) >= 11 is 0. The van der Waals surface area contributed by atoms with Crippen LogP contribution in [-0.2, 0) is 17.6 Å². The summed E-state index contributed by atoms with van der Waals surface area (Å²) in [5, 5.41) is 3.68. The first-order valence-corrected chi connectivity index (χ1v) is 10.1. The van der Waals surface area contributed by atoms with Crippen LogP contribution in [0.25, 0.3) is 11.5 Å². The number of fused-ring (bicyclic) bond motifs is 2. The smallest absolute Gasteiger partial charge is 0.236 e. The van der Waals surface area contributed by atoms with Crippen molar-refractivity contribution in [3.63, 3.8) is 0 Å². The van der Waals surface area contributed by atoms with E-state index in [2.05, 4.69) is 21.2 Å². The van der Waals surface area contributed by atoms with Crippen molar-refractivity contribution in [3.8, 4) is 11.5 Å². The van der Waals surface area contributed by atoms with Gasteiger partial charge in [-0.1, -0.05) is 6.07 Å². The van der Waals surface area contributed by atoms with E-state index in [1.807, 2.05) is 18.2 Å². The molecule has 1 saturated carbocycles. The van der Waals surface area contributed by atoms with Gasteiger partial charge in [-0.2, -0.15) is 0 Å². The number of nitrogens with two attached hydrogens (primary N) is 1. The molecule has 28 heavy (non-hydrogen) atoms. The topological polar surface area (TPSA) is 118 Å². The lowest BCUT2D eigenvalue weighted by Gasteiger charge is -2.33. The fourth-order valence-corrected chi connectivity index (χ4v) is 4.82. The third-order valence-electron chi connectivity index (χ3n) is 6.23. The van der Waals surface area contributed by atoms with Gasteiger partial charge >= 0.3 is 0 Å². The van der Waals surface area contributed by atoms with Gasteiger partial charge in [0.2, 0.25) is 5.91 Å². The molecule has 4 unspecified atom stereocenters. The maximum Gasteiger partial charge on any atom is 0.236 e. The summed E-state index contributed by atoms with van der Waals surface area (Å²) in [6.07, 6.45) is 7.78. The van der Waals surface area contributed by atoms with Crippen LogP contribution in [0.3, 0.4) is 0 Å². The van der Waals surface area contributed by atoms with Gasteiger partial charge in [0.05, 0.1) is 0 Å². The molecule has 2 aliphatic carbocycles. The molecule has 5 N–H and O–H groups in total. The zero-order valence-corrected chi connectivity index (χ0v) is 15.7. The van der Waals surface area contributed by atoms with E-state index in [0.29, 0.717) is 11.9 Å². The number of aromatic nitrogens is 3. The standard InChI is InChI=1S/C20H25N7O/c21-18(28)17-13-10-11(7-8-15(13)26-27-17)23-19-12-4-3-6-14(12)24-20(25-19)16-5-1-2-9-22-16/h1-2,5,9,11,13,15,17,26-27H,3-4,6-8,10H2,(H2,21,28)(H,23,24,25). The summed E-state index contributed by atoms with van der Waals surface area (Å²) in [6, 6.07) is 6.05. The number of hydrogen-bond acceptors (Lipinski definition) is 7. The Bertz CT molecular complexity index is 888. The van der Waals surface area contributed by atoms with E-state index in [9.17, 15) is 4.79 Å². The summed E-state index contributed by atoms with van der Waals surface area (Å²) < 4.78 is 0. The Hall–Kier alpha value is -2.58. The van der Waals surface area contributed by atoms with E-state index in [-0.39, 0.29) is 23.9 Å². The molecule has 8 nitrogen and oxygen atoms in total. The van der Waals surface area contributed by atoms with Crippen LogP contribution in [0.2, 0.25) is 0 Å². The normalized spacial score (nSPS) is 28.6. The van der Waals surface area contributed by atoms with Gasteiger partial charge in [-0.25, -0.2) is 15.4 Å². The number of aryl methyl sites for hydroxylation is 1. The highest BCUT2D eigenvalue weighted by Gasteiger charge is 2.43. The molecule has 0 bridgehead atoms. The van der Waals surface area contributed by atoms with Crippen LogP contribution in [0.1, 0.15) is 36.9 Å². The lowest BCUT2D eigenvalue weighted by Crippen LogP contribution is -2.44. The molecule has 2 aromatic heterocycles. The Morgan fingerprint density at radius 3 is 2.93 bits per heavy atom. The Morgan fingerprint density at radius 1 is 1.18 bits per heavy atom. The van der Waals surface area contributed by atoms with Crippen molar-refractivity contribution in [3.05, 3.63) is 35.7 Å². The molecule has 1 amide bonds. The second-order valence-corrected chi connectivity index (χ2v) is 7.98. The molecule has 3 heterocycles. The van der Waals surface area contributed by atoms with Crippen LogP contribution in [0.5, 0.6) is 0 Å². The fourth-order valence-electron chi connectivity index (χ4n) is 4.82. The molecule has 1 aliphatic heterocycles. The summed E-state index contributed by atoms with van der Waals surface area (Å²) in [5.41, 5.74) is 15.0. The molecular formula is C20H25N7O. The maximum atomic E-state index is 11.7. The number of carbonyl (C=O) groups is 1. The zero-order chi connectivity index (χ0) is 19.1. The van der Waals surface area contributed by atoms with Gasteiger partial charge in [-0.05, 0) is 50.7 Å². The van der Waals surface area contributed by atoms with Crippen LogP contribution in [0.4, 0.5) is 5.82 Å². The van der Waals surface area contributed by atoms with Gasteiger partial charge in [-0.3, -0.25) is 15.2 Å². The maximum absolute atomic E-state index is 11.7. The van der Waals surface area contributed by atoms with Crippen LogP contribution >= 0.6 is 0 Å². The largest absolute Gasteiger partial charge is 0.368 e. The molecule has 2 fully saturated rings. The van der Waals surface area contributed by atoms with Gasteiger partial charge in [0, 0.05) is 35.5 Å². The first-order chi connectivity index (χ1) is 13.7. The van der Waals surface area contributed by atoms with E-state index >= 15 is 0 Å². The third kappa shape index (κ3) is 3.12. The fraction of sp³-hybridized carbons (Fsp3) is 0.500. The Balaban J connectivity index is 1.41. The van der Waals surface area contributed by atoms with Gasteiger partial charge in [0.25, 0.3) is 0 Å². The predicted molar refractivity (Wildman–Crippen MR) is 105 cm³/mol. The second-order valence-electron chi connectivity index (χ2n) is 7.98. The Kier molecular flexibility index (Phi) is 4.44. The van der Waals surface area contributed by atoms with Crippen LogP contribution in [0, 0.1) is 5.92 Å². The molecule has 4 atom stereocenters. The van der Waals surface area contributed by atoms with Crippen molar-refractivity contribution in [1.29, 1.82) is 0 Å². The minimum Gasteiger partial charge on any atom is -0.368 e. The highest BCUT2D eigenvalue weighted by Crippen LogP contribution is 2.34. The summed E-state index contributed by atoms with van der Waals surface area (Å²) in [5.74, 6) is 1.52. The zero-order valence-electron chi connectivity index (χ0n) is 15.7. The molecule has 0 radical (unpaired) electrons. The molecular weight excluding hydrogens is 354 g/mol. The van der Waals surface area contributed by atoms with Gasteiger partial charge in [0.1, 0.15) is 17.6 Å². The second kappa shape index (κ2) is 7.10. The van der Waals surface area contributed by atoms with Crippen LogP contribution in [0.15, 0.2) is 24.4 Å².